The number of hydrogen-bond acceptors (Lipinski definition) is 4. The third kappa shape index (κ3) is 8.01. The van der Waals surface area contributed by atoms with Crippen LogP contribution in [-0.4, -0.2) is 40.7 Å². The van der Waals surface area contributed by atoms with Gasteiger partial charge in [-0.05, 0) is 92.7 Å². The van der Waals surface area contributed by atoms with E-state index in [0.29, 0.717) is 21.5 Å². The molecular weight excluding hydrogens is 529 g/mol. The highest BCUT2D eigenvalue weighted by molar-refractivity contribution is 6.35. The Morgan fingerprint density at radius 1 is 0.846 bits per heavy atom. The number of benzene rings is 3. The summed E-state index contributed by atoms with van der Waals surface area (Å²) in [5.41, 5.74) is 3.05. The molecule has 0 aliphatic heterocycles. The molecule has 5 nitrogen and oxygen atoms in total. The van der Waals surface area contributed by atoms with Gasteiger partial charge in [0.15, 0.2) is 0 Å². The average molecular weight is 567 g/mol. The van der Waals surface area contributed by atoms with Crippen molar-refractivity contribution >= 4 is 23.2 Å². The van der Waals surface area contributed by atoms with Gasteiger partial charge in [0.25, 0.3) is 0 Å². The Morgan fingerprint density at radius 3 is 2.23 bits per heavy atom. The monoisotopic (exact) mass is 565 g/mol. The maximum absolute atomic E-state index is 6.27. The van der Waals surface area contributed by atoms with Crippen molar-refractivity contribution in [2.45, 2.75) is 46.5 Å². The highest BCUT2D eigenvalue weighted by Crippen LogP contribution is 2.32. The van der Waals surface area contributed by atoms with Crippen molar-refractivity contribution in [2.75, 3.05) is 26.2 Å². The van der Waals surface area contributed by atoms with Gasteiger partial charge in [-0.25, -0.2) is 4.98 Å². The molecule has 4 aromatic rings. The van der Waals surface area contributed by atoms with E-state index >= 15 is 0 Å². The van der Waals surface area contributed by atoms with E-state index in [1.807, 2.05) is 36.4 Å². The van der Waals surface area contributed by atoms with Crippen molar-refractivity contribution in [3.05, 3.63) is 88.8 Å². The highest BCUT2D eigenvalue weighted by atomic mass is 35.5. The van der Waals surface area contributed by atoms with Gasteiger partial charge in [0, 0.05) is 35.4 Å². The summed E-state index contributed by atoms with van der Waals surface area (Å²) in [6.07, 6.45) is 6.22. The molecule has 1 aromatic heterocycles. The maximum Gasteiger partial charge on any atom is 0.146 e. The van der Waals surface area contributed by atoms with E-state index in [1.54, 1.807) is 18.2 Å². The first kappa shape index (κ1) is 29.0. The molecule has 7 heteroatoms. The van der Waals surface area contributed by atoms with Gasteiger partial charge in [0.1, 0.15) is 23.1 Å². The summed E-state index contributed by atoms with van der Waals surface area (Å²) in [6.45, 7) is 10.5. The number of unbranched alkanes of at least 4 members (excludes halogenated alkanes) is 1. The molecule has 206 valence electrons. The minimum Gasteiger partial charge on any atom is -0.494 e. The Labute approximate surface area is 242 Å². The van der Waals surface area contributed by atoms with Crippen molar-refractivity contribution in [1.29, 1.82) is 0 Å². The predicted molar refractivity (Wildman–Crippen MR) is 162 cm³/mol. The van der Waals surface area contributed by atoms with E-state index < -0.39 is 0 Å². The Kier molecular flexibility index (Phi) is 10.7. The Bertz CT molecular complexity index is 1320. The maximum atomic E-state index is 6.27. The molecule has 0 N–H and O–H groups in total. The predicted octanol–water partition coefficient (Wildman–Crippen LogP) is 9.09. The minimum absolute atomic E-state index is 0.476. The fourth-order valence-corrected chi connectivity index (χ4v) is 4.84. The fraction of sp³-hybridized carbons (Fsp3) is 0.344. The van der Waals surface area contributed by atoms with E-state index in [9.17, 15) is 0 Å². The van der Waals surface area contributed by atoms with Crippen LogP contribution < -0.4 is 9.47 Å². The van der Waals surface area contributed by atoms with Crippen molar-refractivity contribution in [2.24, 2.45) is 0 Å². The molecule has 0 atom stereocenters. The number of ether oxygens (including phenoxy) is 2. The summed E-state index contributed by atoms with van der Waals surface area (Å²) in [5, 5.41) is 1.05. The van der Waals surface area contributed by atoms with Gasteiger partial charge in [-0.2, -0.15) is 0 Å². The van der Waals surface area contributed by atoms with Gasteiger partial charge in [-0.3, -0.25) is 0 Å². The number of halogens is 2. The largest absolute Gasteiger partial charge is 0.494 e. The molecule has 0 bridgehead atoms. The van der Waals surface area contributed by atoms with Crippen LogP contribution in [0.1, 0.15) is 45.9 Å². The van der Waals surface area contributed by atoms with Crippen LogP contribution in [0.25, 0.3) is 16.9 Å². The van der Waals surface area contributed by atoms with Crippen LogP contribution in [0.15, 0.2) is 72.9 Å². The zero-order valence-electron chi connectivity index (χ0n) is 23.0. The van der Waals surface area contributed by atoms with Crippen LogP contribution >= 0.6 is 23.2 Å². The van der Waals surface area contributed by atoms with Gasteiger partial charge < -0.3 is 18.9 Å². The topological polar surface area (TPSA) is 39.5 Å². The molecular formula is C32H37Cl2N3O2. The Hall–Kier alpha value is -2.99. The third-order valence-electron chi connectivity index (χ3n) is 6.70. The number of aromatic nitrogens is 2. The van der Waals surface area contributed by atoms with E-state index in [1.165, 1.54) is 0 Å². The van der Waals surface area contributed by atoms with Crippen molar-refractivity contribution in [3.63, 3.8) is 0 Å². The zero-order chi connectivity index (χ0) is 27.6. The lowest BCUT2D eigenvalue weighted by Crippen LogP contribution is -2.25. The lowest BCUT2D eigenvalue weighted by molar-refractivity contribution is 0.249. The third-order valence-corrected chi connectivity index (χ3v) is 7.23. The normalized spacial score (nSPS) is 11.2. The second-order valence-electron chi connectivity index (χ2n) is 9.44. The molecule has 0 saturated carbocycles. The lowest BCUT2D eigenvalue weighted by atomic mass is 10.1. The first-order valence-corrected chi connectivity index (χ1v) is 14.5. The van der Waals surface area contributed by atoms with Crippen LogP contribution in [-0.2, 0) is 6.42 Å². The van der Waals surface area contributed by atoms with Gasteiger partial charge in [-0.1, -0.05) is 50.4 Å². The van der Waals surface area contributed by atoms with Gasteiger partial charge in [0.05, 0.1) is 17.3 Å². The van der Waals surface area contributed by atoms with Crippen LogP contribution in [0.4, 0.5) is 0 Å². The number of rotatable bonds is 14. The summed E-state index contributed by atoms with van der Waals surface area (Å²) in [5.74, 6) is 3.20. The second kappa shape index (κ2) is 14.4. The quantitative estimate of drug-likeness (QED) is 0.143. The number of imidazole rings is 1. The van der Waals surface area contributed by atoms with Crippen LogP contribution in [0.3, 0.4) is 0 Å². The Balaban J connectivity index is 1.46. The molecule has 0 amide bonds. The number of hydrogen-bond donors (Lipinski definition) is 0. The van der Waals surface area contributed by atoms with Gasteiger partial charge in [-0.15, -0.1) is 0 Å². The van der Waals surface area contributed by atoms with Gasteiger partial charge >= 0.3 is 0 Å². The van der Waals surface area contributed by atoms with Gasteiger partial charge in [0.2, 0.25) is 0 Å². The first-order chi connectivity index (χ1) is 19.0. The lowest BCUT2D eigenvalue weighted by Gasteiger charge is -2.17. The van der Waals surface area contributed by atoms with Crippen molar-refractivity contribution in [1.82, 2.24) is 14.5 Å². The van der Waals surface area contributed by atoms with Crippen molar-refractivity contribution in [3.8, 4) is 34.2 Å². The molecule has 0 spiro atoms. The standard InChI is InChI=1S/C32H37Cl2N3O2/c1-4-7-9-32-35-30(24-10-15-27(16-11-24)38-21-8-20-36(5-2)6-3)23-37(32)26-13-17-28(18-14-26)39-31-19-12-25(33)22-29(31)34/h10-19,22-23H,4-9,20-21H2,1-3H3. The molecule has 0 aliphatic carbocycles. The summed E-state index contributed by atoms with van der Waals surface area (Å²) in [7, 11) is 0. The Morgan fingerprint density at radius 2 is 1.56 bits per heavy atom. The molecule has 0 fully saturated rings. The van der Waals surface area contributed by atoms with E-state index in [4.69, 9.17) is 37.7 Å². The number of nitrogens with zero attached hydrogens (tertiary/aromatic N) is 3. The average Bonchev–Trinajstić information content (AvgIpc) is 3.38. The molecule has 0 unspecified atom stereocenters. The first-order valence-electron chi connectivity index (χ1n) is 13.8. The molecule has 0 radical (unpaired) electrons. The van der Waals surface area contributed by atoms with E-state index in [-0.39, 0.29) is 0 Å². The minimum atomic E-state index is 0.476. The smallest absolute Gasteiger partial charge is 0.146 e. The molecule has 39 heavy (non-hydrogen) atoms. The van der Waals surface area contributed by atoms with Crippen LogP contribution in [0.5, 0.6) is 17.2 Å². The molecule has 3 aromatic carbocycles. The summed E-state index contributed by atoms with van der Waals surface area (Å²) in [6, 6.07) is 21.4. The SMILES string of the molecule is CCCCc1nc(-c2ccc(OCCCN(CC)CC)cc2)cn1-c1ccc(Oc2ccc(Cl)cc2Cl)cc1. The summed E-state index contributed by atoms with van der Waals surface area (Å²) >= 11 is 12.3. The van der Waals surface area contributed by atoms with Crippen LogP contribution in [0.2, 0.25) is 10.0 Å². The molecule has 1 heterocycles. The zero-order valence-corrected chi connectivity index (χ0v) is 24.5. The summed E-state index contributed by atoms with van der Waals surface area (Å²) in [4.78, 5) is 7.41. The fourth-order valence-electron chi connectivity index (χ4n) is 4.39. The van der Waals surface area contributed by atoms with E-state index in [0.717, 1.165) is 80.4 Å². The molecule has 0 saturated heterocycles. The molecule has 0 aliphatic rings. The molecule has 4 rings (SSSR count). The summed E-state index contributed by atoms with van der Waals surface area (Å²) < 4.78 is 14.1. The highest BCUT2D eigenvalue weighted by Gasteiger charge is 2.12. The van der Waals surface area contributed by atoms with E-state index in [2.05, 4.69) is 48.6 Å². The van der Waals surface area contributed by atoms with Crippen LogP contribution in [0, 0.1) is 0 Å². The number of aryl methyl sites for hydroxylation is 1. The van der Waals surface area contributed by atoms with Crippen molar-refractivity contribution < 1.29 is 9.47 Å². The second-order valence-corrected chi connectivity index (χ2v) is 10.3.